The van der Waals surface area contributed by atoms with Crippen molar-refractivity contribution < 1.29 is 19.5 Å². The minimum Gasteiger partial charge on any atom is -0.411 e. The summed E-state index contributed by atoms with van der Waals surface area (Å²) in [5, 5.41) is 14.8. The lowest BCUT2D eigenvalue weighted by Crippen LogP contribution is -2.33. The summed E-state index contributed by atoms with van der Waals surface area (Å²) in [5.74, 6) is 0.0286. The van der Waals surface area contributed by atoms with Crippen molar-refractivity contribution in [3.63, 3.8) is 0 Å². The molecule has 0 aromatic heterocycles. The van der Waals surface area contributed by atoms with Gasteiger partial charge < -0.3 is 20.0 Å². The maximum Gasteiger partial charge on any atom is 0.225 e. The van der Waals surface area contributed by atoms with E-state index in [-0.39, 0.29) is 17.6 Å². The Morgan fingerprint density at radius 3 is 2.67 bits per heavy atom. The van der Waals surface area contributed by atoms with Crippen molar-refractivity contribution in [3.8, 4) is 0 Å². The first-order valence-corrected chi connectivity index (χ1v) is 8.09. The van der Waals surface area contributed by atoms with E-state index >= 15 is 0 Å². The second-order valence-electron chi connectivity index (χ2n) is 6.72. The first-order chi connectivity index (χ1) is 11.4. The highest BCUT2D eigenvalue weighted by atomic mass is 16.7. The minimum absolute atomic E-state index is 0.0286. The Kier molecular flexibility index (Phi) is 5.96. The number of fused-ring (bicyclic) bond motifs is 1. The zero-order chi connectivity index (χ0) is 17.7. The Bertz CT molecular complexity index is 622. The number of methoxy groups -OCH3 is 2. The molecule has 0 unspecified atom stereocenters. The van der Waals surface area contributed by atoms with Crippen molar-refractivity contribution in [2.45, 2.75) is 51.2 Å². The van der Waals surface area contributed by atoms with Gasteiger partial charge in [0.2, 0.25) is 5.91 Å². The Morgan fingerprint density at radius 1 is 1.33 bits per heavy atom. The first kappa shape index (κ1) is 18.4. The third kappa shape index (κ3) is 4.13. The van der Waals surface area contributed by atoms with Crippen molar-refractivity contribution >= 4 is 17.8 Å². The summed E-state index contributed by atoms with van der Waals surface area (Å²) < 4.78 is 10.5. The van der Waals surface area contributed by atoms with Gasteiger partial charge in [0.1, 0.15) is 0 Å². The van der Waals surface area contributed by atoms with Crippen LogP contribution in [0.15, 0.2) is 17.3 Å². The van der Waals surface area contributed by atoms with E-state index < -0.39 is 0 Å². The third-order valence-corrected chi connectivity index (χ3v) is 4.51. The summed E-state index contributed by atoms with van der Waals surface area (Å²) in [4.78, 5) is 11.9. The molecule has 1 aliphatic heterocycles. The van der Waals surface area contributed by atoms with Crippen molar-refractivity contribution in [2.24, 2.45) is 5.16 Å². The van der Waals surface area contributed by atoms with Gasteiger partial charge in [0.15, 0.2) is 6.29 Å². The molecule has 1 heterocycles. The van der Waals surface area contributed by atoms with Gasteiger partial charge in [0.25, 0.3) is 0 Å². The van der Waals surface area contributed by atoms with Gasteiger partial charge >= 0.3 is 0 Å². The van der Waals surface area contributed by atoms with Gasteiger partial charge in [-0.25, -0.2) is 0 Å². The van der Waals surface area contributed by atoms with Crippen LogP contribution in [0, 0.1) is 0 Å². The van der Waals surface area contributed by atoms with E-state index in [9.17, 15) is 4.79 Å². The van der Waals surface area contributed by atoms with Crippen molar-refractivity contribution in [3.05, 3.63) is 28.8 Å². The highest BCUT2D eigenvalue weighted by molar-refractivity contribution is 5.95. The average molecular weight is 334 g/mol. The van der Waals surface area contributed by atoms with E-state index in [1.165, 1.54) is 6.21 Å². The van der Waals surface area contributed by atoms with E-state index in [1.807, 2.05) is 6.07 Å². The maximum atomic E-state index is 11.9. The third-order valence-electron chi connectivity index (χ3n) is 4.51. The fourth-order valence-corrected chi connectivity index (χ4v) is 3.21. The topological polar surface area (TPSA) is 80.2 Å². The molecule has 1 aromatic rings. The second kappa shape index (κ2) is 7.77. The Morgan fingerprint density at radius 2 is 2.04 bits per heavy atom. The molecular formula is C18H26N2O4. The SMILES string of the molecule is COC(CCc1cc2c(cc1CC=NO)NC(=O)CC2(C)C)OC. The van der Waals surface area contributed by atoms with Gasteiger partial charge in [0, 0.05) is 50.8 Å². The number of carbonyl (C=O) groups is 1. The van der Waals surface area contributed by atoms with Crippen molar-refractivity contribution in [1.29, 1.82) is 0 Å². The van der Waals surface area contributed by atoms with Crippen LogP contribution < -0.4 is 5.32 Å². The van der Waals surface area contributed by atoms with Gasteiger partial charge in [-0.3, -0.25) is 4.79 Å². The molecule has 1 aromatic carbocycles. The van der Waals surface area contributed by atoms with Gasteiger partial charge in [-0.05, 0) is 29.2 Å². The van der Waals surface area contributed by atoms with Crippen molar-refractivity contribution in [1.82, 2.24) is 0 Å². The zero-order valence-electron chi connectivity index (χ0n) is 14.8. The van der Waals surface area contributed by atoms with Gasteiger partial charge in [0.05, 0.1) is 0 Å². The number of benzene rings is 1. The largest absolute Gasteiger partial charge is 0.411 e. The number of hydrogen-bond acceptors (Lipinski definition) is 5. The van der Waals surface area contributed by atoms with E-state index in [1.54, 1.807) is 14.2 Å². The molecule has 6 heteroatoms. The zero-order valence-corrected chi connectivity index (χ0v) is 14.8. The summed E-state index contributed by atoms with van der Waals surface area (Å²) in [6.07, 6.45) is 3.66. The Hall–Kier alpha value is -1.92. The number of rotatable bonds is 7. The average Bonchev–Trinajstić information content (AvgIpc) is 2.53. The molecule has 0 atom stereocenters. The number of hydrogen-bond donors (Lipinski definition) is 2. The summed E-state index contributed by atoms with van der Waals surface area (Å²) in [7, 11) is 3.25. The van der Waals surface area contributed by atoms with Crippen LogP contribution in [-0.2, 0) is 32.5 Å². The summed E-state index contributed by atoms with van der Waals surface area (Å²) in [6.45, 7) is 4.16. The summed E-state index contributed by atoms with van der Waals surface area (Å²) in [6, 6.07) is 4.14. The number of nitrogens with one attached hydrogen (secondary N) is 1. The summed E-state index contributed by atoms with van der Waals surface area (Å²) in [5.41, 5.74) is 3.94. The molecule has 0 fully saturated rings. The van der Waals surface area contributed by atoms with E-state index in [2.05, 4.69) is 30.4 Å². The molecule has 0 saturated carbocycles. The van der Waals surface area contributed by atoms with Gasteiger partial charge in [-0.15, -0.1) is 5.16 Å². The number of oxime groups is 1. The number of carbonyl (C=O) groups excluding carboxylic acids is 1. The number of nitrogens with zero attached hydrogens (tertiary/aromatic N) is 1. The molecule has 2 rings (SSSR count). The minimum atomic E-state index is -0.256. The number of aryl methyl sites for hydroxylation is 1. The molecule has 0 bridgehead atoms. The van der Waals surface area contributed by atoms with Crippen LogP contribution >= 0.6 is 0 Å². The molecule has 0 spiro atoms. The van der Waals surface area contributed by atoms with Crippen LogP contribution in [0.25, 0.3) is 0 Å². The lowest BCUT2D eigenvalue weighted by atomic mass is 9.76. The van der Waals surface area contributed by atoms with Crippen LogP contribution in [0.3, 0.4) is 0 Å². The number of ether oxygens (including phenoxy) is 2. The smallest absolute Gasteiger partial charge is 0.225 e. The summed E-state index contributed by atoms with van der Waals surface area (Å²) >= 11 is 0. The highest BCUT2D eigenvalue weighted by Crippen LogP contribution is 2.39. The highest BCUT2D eigenvalue weighted by Gasteiger charge is 2.32. The van der Waals surface area contributed by atoms with Crippen LogP contribution in [-0.4, -0.2) is 37.8 Å². The van der Waals surface area contributed by atoms with Crippen LogP contribution in [0.2, 0.25) is 0 Å². The molecule has 24 heavy (non-hydrogen) atoms. The van der Waals surface area contributed by atoms with Gasteiger partial charge in [-0.2, -0.15) is 0 Å². The molecular weight excluding hydrogens is 308 g/mol. The maximum absolute atomic E-state index is 11.9. The van der Waals surface area contributed by atoms with Gasteiger partial charge in [-0.1, -0.05) is 19.9 Å². The lowest BCUT2D eigenvalue weighted by Gasteiger charge is -2.33. The molecule has 0 saturated heterocycles. The molecule has 6 nitrogen and oxygen atoms in total. The Balaban J connectivity index is 2.38. The lowest BCUT2D eigenvalue weighted by molar-refractivity contribution is -0.117. The molecule has 0 aliphatic carbocycles. The van der Waals surface area contributed by atoms with Crippen molar-refractivity contribution in [2.75, 3.05) is 19.5 Å². The standard InChI is InChI=1S/C18H26N2O4/c1-18(2)11-16(21)20-15-10-13(7-8-19-22)12(9-14(15)18)5-6-17(23-3)24-4/h8-10,17,22H,5-7,11H2,1-4H3,(H,20,21). The first-order valence-electron chi connectivity index (χ1n) is 8.09. The van der Waals surface area contributed by atoms with Crippen LogP contribution in [0.4, 0.5) is 5.69 Å². The van der Waals surface area contributed by atoms with E-state index in [4.69, 9.17) is 14.7 Å². The molecule has 1 aliphatic rings. The molecule has 132 valence electrons. The predicted octanol–water partition coefficient (Wildman–Crippen LogP) is 2.86. The second-order valence-corrected chi connectivity index (χ2v) is 6.72. The number of anilines is 1. The molecule has 1 amide bonds. The van der Waals surface area contributed by atoms with Crippen LogP contribution in [0.1, 0.15) is 43.4 Å². The molecule has 0 radical (unpaired) electrons. The normalized spacial score (nSPS) is 16.5. The number of amides is 1. The molecule has 2 N–H and O–H groups in total. The van der Waals surface area contributed by atoms with Crippen LogP contribution in [0.5, 0.6) is 0 Å². The predicted molar refractivity (Wildman–Crippen MR) is 92.8 cm³/mol. The fraction of sp³-hybridized carbons (Fsp3) is 0.556. The van der Waals surface area contributed by atoms with E-state index in [0.29, 0.717) is 12.8 Å². The quantitative estimate of drug-likeness (QED) is 0.348. The Labute approximate surface area is 142 Å². The fourth-order valence-electron chi connectivity index (χ4n) is 3.21. The van der Waals surface area contributed by atoms with E-state index in [0.717, 1.165) is 35.2 Å². The monoisotopic (exact) mass is 334 g/mol.